The third kappa shape index (κ3) is 3.74. The lowest BCUT2D eigenvalue weighted by molar-refractivity contribution is 0.0696. The first-order chi connectivity index (χ1) is 13.9. The van der Waals surface area contributed by atoms with Gasteiger partial charge in [-0.2, -0.15) is 0 Å². The lowest BCUT2D eigenvalue weighted by Crippen LogP contribution is -2.23. The van der Waals surface area contributed by atoms with E-state index in [1.807, 2.05) is 19.1 Å². The minimum absolute atomic E-state index is 0.0520. The van der Waals surface area contributed by atoms with Gasteiger partial charge in [-0.05, 0) is 41.6 Å². The second-order valence-corrected chi connectivity index (χ2v) is 7.78. The Kier molecular flexibility index (Phi) is 5.08. The van der Waals surface area contributed by atoms with E-state index < -0.39 is 11.9 Å². The number of amides is 1. The third-order valence-electron chi connectivity index (χ3n) is 4.46. The molecule has 0 unspecified atom stereocenters. The number of aromatic carboxylic acids is 1. The van der Waals surface area contributed by atoms with Gasteiger partial charge in [0, 0.05) is 15.5 Å². The van der Waals surface area contributed by atoms with Crippen molar-refractivity contribution in [3.8, 4) is 11.1 Å². The maximum atomic E-state index is 12.5. The van der Waals surface area contributed by atoms with Gasteiger partial charge in [-0.3, -0.25) is 4.79 Å². The molecule has 2 heterocycles. The number of carboxylic acid groups (broad SMARTS) is 1. The molecule has 0 aliphatic carbocycles. The minimum atomic E-state index is -1.06. The van der Waals surface area contributed by atoms with Crippen LogP contribution < -0.4 is 5.32 Å². The molecule has 4 rings (SSSR count). The Labute approximate surface area is 174 Å². The van der Waals surface area contributed by atoms with E-state index in [0.29, 0.717) is 26.6 Å². The smallest absolute Gasteiger partial charge is 0.337 e. The molecule has 4 aromatic rings. The Bertz CT molecular complexity index is 1230. The van der Waals surface area contributed by atoms with Crippen molar-refractivity contribution in [3.05, 3.63) is 74.8 Å². The third-order valence-corrected chi connectivity index (χ3v) is 5.70. The number of carbonyl (C=O) groups is 2. The number of carbonyl (C=O) groups excluding carboxylic acids is 1. The Morgan fingerprint density at radius 2 is 1.97 bits per heavy atom. The van der Waals surface area contributed by atoms with E-state index in [9.17, 15) is 14.7 Å². The van der Waals surface area contributed by atoms with Gasteiger partial charge in [0.1, 0.15) is 5.52 Å². The van der Waals surface area contributed by atoms with Crippen molar-refractivity contribution in [3.63, 3.8) is 0 Å². The fraction of sp³-hybridized carbons (Fsp3) is 0.0952. The Morgan fingerprint density at radius 1 is 1.21 bits per heavy atom. The summed E-state index contributed by atoms with van der Waals surface area (Å²) in [5, 5.41) is 14.7. The van der Waals surface area contributed by atoms with E-state index in [0.717, 1.165) is 11.1 Å². The Balaban J connectivity index is 1.57. The number of fused-ring (bicyclic) bond motifs is 1. The molecule has 8 heteroatoms. The second-order valence-electron chi connectivity index (χ2n) is 6.38. The summed E-state index contributed by atoms with van der Waals surface area (Å²) < 4.78 is 5.51. The zero-order valence-electron chi connectivity index (χ0n) is 15.2. The van der Waals surface area contributed by atoms with Gasteiger partial charge in [-0.1, -0.05) is 35.9 Å². The zero-order valence-corrected chi connectivity index (χ0v) is 16.8. The highest BCUT2D eigenvalue weighted by molar-refractivity contribution is 7.10. The zero-order chi connectivity index (χ0) is 20.5. The van der Waals surface area contributed by atoms with Crippen LogP contribution in [0.4, 0.5) is 0 Å². The normalized spacial score (nSPS) is 11.0. The van der Waals surface area contributed by atoms with Crippen molar-refractivity contribution in [1.82, 2.24) is 10.3 Å². The fourth-order valence-electron chi connectivity index (χ4n) is 3.02. The number of nitrogens with zero attached hydrogens (tertiary/aromatic N) is 1. The molecule has 6 nitrogen and oxygen atoms in total. The topological polar surface area (TPSA) is 92.4 Å². The van der Waals surface area contributed by atoms with Gasteiger partial charge in [0.15, 0.2) is 5.58 Å². The van der Waals surface area contributed by atoms with Gasteiger partial charge in [-0.25, -0.2) is 9.78 Å². The van der Waals surface area contributed by atoms with Gasteiger partial charge in [0.05, 0.1) is 12.1 Å². The van der Waals surface area contributed by atoms with Gasteiger partial charge in [-0.15, -0.1) is 11.3 Å². The van der Waals surface area contributed by atoms with Gasteiger partial charge < -0.3 is 14.8 Å². The first-order valence-electron chi connectivity index (χ1n) is 8.68. The molecule has 0 spiro atoms. The van der Waals surface area contributed by atoms with E-state index in [2.05, 4.69) is 10.3 Å². The maximum absolute atomic E-state index is 12.5. The molecule has 29 heavy (non-hydrogen) atoms. The van der Waals surface area contributed by atoms with E-state index in [1.54, 1.807) is 35.7 Å². The highest BCUT2D eigenvalue weighted by Crippen LogP contribution is 2.32. The summed E-state index contributed by atoms with van der Waals surface area (Å²) in [4.78, 5) is 29.1. The van der Waals surface area contributed by atoms with Crippen LogP contribution in [0, 0.1) is 6.92 Å². The average Bonchev–Trinajstić information content (AvgIpc) is 3.32. The number of thiophene rings is 1. The van der Waals surface area contributed by atoms with Crippen LogP contribution in [0.25, 0.3) is 22.2 Å². The summed E-state index contributed by atoms with van der Waals surface area (Å²) in [5.41, 5.74) is 3.55. The monoisotopic (exact) mass is 426 g/mol. The Morgan fingerprint density at radius 3 is 2.66 bits per heavy atom. The summed E-state index contributed by atoms with van der Waals surface area (Å²) in [5.74, 6) is -1.61. The molecule has 0 aliphatic heterocycles. The standard InChI is InChI=1S/C21H15ClN2O4S/c1-11-3-2-4-15-18(11)24-20(28-15)19(25)23-9-16-17(21(26)27)14(10-29-16)12-5-7-13(22)8-6-12/h2-8,10H,9H2,1H3,(H,23,25)(H,26,27). The molecular weight excluding hydrogens is 412 g/mol. The number of aryl methyl sites for hydroxylation is 1. The van der Waals surface area contributed by atoms with Crippen LogP contribution in [0.5, 0.6) is 0 Å². The summed E-state index contributed by atoms with van der Waals surface area (Å²) in [6.07, 6.45) is 0. The second kappa shape index (κ2) is 7.69. The Hall–Kier alpha value is -3.16. The number of aromatic nitrogens is 1. The van der Waals surface area contributed by atoms with Crippen molar-refractivity contribution in [2.45, 2.75) is 13.5 Å². The first kappa shape index (κ1) is 19.2. The van der Waals surface area contributed by atoms with Crippen LogP contribution >= 0.6 is 22.9 Å². The SMILES string of the molecule is Cc1cccc2oc(C(=O)NCc3scc(-c4ccc(Cl)cc4)c3C(=O)O)nc12. The highest BCUT2D eigenvalue weighted by Gasteiger charge is 2.21. The number of nitrogens with one attached hydrogen (secondary N) is 1. The molecule has 0 saturated heterocycles. The predicted octanol–water partition coefficient (Wildman–Crippen LogP) is 5.15. The number of carboxylic acids is 1. The molecule has 0 bridgehead atoms. The quantitative estimate of drug-likeness (QED) is 0.460. The van der Waals surface area contributed by atoms with Crippen LogP contribution in [0.1, 0.15) is 31.5 Å². The van der Waals surface area contributed by atoms with E-state index in [4.69, 9.17) is 16.0 Å². The maximum Gasteiger partial charge on any atom is 0.337 e. The van der Waals surface area contributed by atoms with Crippen molar-refractivity contribution in [2.24, 2.45) is 0 Å². The van der Waals surface area contributed by atoms with Gasteiger partial charge >= 0.3 is 11.9 Å². The number of halogens is 1. The summed E-state index contributed by atoms with van der Waals surface area (Å²) in [6.45, 7) is 1.94. The van der Waals surface area contributed by atoms with Crippen molar-refractivity contribution in [1.29, 1.82) is 0 Å². The predicted molar refractivity (Wildman–Crippen MR) is 112 cm³/mol. The highest BCUT2D eigenvalue weighted by atomic mass is 35.5. The number of oxazole rings is 1. The van der Waals surface area contributed by atoms with Crippen LogP contribution in [-0.4, -0.2) is 22.0 Å². The molecule has 146 valence electrons. The molecule has 0 aliphatic rings. The molecule has 0 saturated carbocycles. The largest absolute Gasteiger partial charge is 0.478 e. The number of benzene rings is 2. The van der Waals surface area contributed by atoms with Crippen molar-refractivity contribution >= 4 is 45.9 Å². The number of rotatable bonds is 5. The molecule has 1 amide bonds. The molecule has 0 atom stereocenters. The van der Waals surface area contributed by atoms with Crippen LogP contribution in [0.2, 0.25) is 5.02 Å². The fourth-order valence-corrected chi connectivity index (χ4v) is 4.13. The van der Waals surface area contributed by atoms with Gasteiger partial charge in [0.2, 0.25) is 0 Å². The molecule has 0 radical (unpaired) electrons. The lowest BCUT2D eigenvalue weighted by atomic mass is 10.0. The van der Waals surface area contributed by atoms with Crippen LogP contribution in [-0.2, 0) is 6.54 Å². The van der Waals surface area contributed by atoms with E-state index >= 15 is 0 Å². The van der Waals surface area contributed by atoms with Crippen molar-refractivity contribution < 1.29 is 19.1 Å². The molecule has 2 N–H and O–H groups in total. The average molecular weight is 427 g/mol. The van der Waals surface area contributed by atoms with E-state index in [-0.39, 0.29) is 18.0 Å². The first-order valence-corrected chi connectivity index (χ1v) is 9.93. The molecule has 2 aromatic heterocycles. The molecular formula is C21H15ClN2O4S. The summed E-state index contributed by atoms with van der Waals surface area (Å²) in [7, 11) is 0. The molecule has 0 fully saturated rings. The number of hydrogen-bond donors (Lipinski definition) is 2. The summed E-state index contributed by atoms with van der Waals surface area (Å²) >= 11 is 7.18. The van der Waals surface area contributed by atoms with Crippen LogP contribution in [0.3, 0.4) is 0 Å². The van der Waals surface area contributed by atoms with Gasteiger partial charge in [0.25, 0.3) is 5.89 Å². The summed E-state index contributed by atoms with van der Waals surface area (Å²) in [6, 6.07) is 12.4. The lowest BCUT2D eigenvalue weighted by Gasteiger charge is -2.05. The minimum Gasteiger partial charge on any atom is -0.478 e. The van der Waals surface area contributed by atoms with Crippen molar-refractivity contribution in [2.75, 3.05) is 0 Å². The van der Waals surface area contributed by atoms with E-state index in [1.165, 1.54) is 11.3 Å². The number of para-hydroxylation sites is 1. The molecule has 2 aromatic carbocycles. The van der Waals surface area contributed by atoms with Crippen LogP contribution in [0.15, 0.2) is 52.3 Å². The number of hydrogen-bond acceptors (Lipinski definition) is 5.